The van der Waals surface area contributed by atoms with E-state index < -0.39 is 6.09 Å². The van der Waals surface area contributed by atoms with Gasteiger partial charge in [0.1, 0.15) is 0 Å². The van der Waals surface area contributed by atoms with Gasteiger partial charge in [0.15, 0.2) is 0 Å². The van der Waals surface area contributed by atoms with Gasteiger partial charge in [0.05, 0.1) is 18.8 Å². The molecule has 0 aromatic heterocycles. The van der Waals surface area contributed by atoms with E-state index in [2.05, 4.69) is 5.92 Å². The first kappa shape index (κ1) is 13.4. The Bertz CT molecular complexity index is 466. The van der Waals surface area contributed by atoms with Gasteiger partial charge in [-0.1, -0.05) is 30.3 Å². The van der Waals surface area contributed by atoms with Crippen LogP contribution in [0.5, 0.6) is 0 Å². The van der Waals surface area contributed by atoms with Gasteiger partial charge in [-0.25, -0.2) is 4.79 Å². The number of benzene rings is 1. The van der Waals surface area contributed by atoms with Crippen molar-refractivity contribution in [2.75, 3.05) is 13.2 Å². The molecule has 0 spiro atoms. The first-order valence-electron chi connectivity index (χ1n) is 6.31. The van der Waals surface area contributed by atoms with E-state index in [9.17, 15) is 9.90 Å². The topological polar surface area (TPSA) is 49.8 Å². The summed E-state index contributed by atoms with van der Waals surface area (Å²) >= 11 is 0. The van der Waals surface area contributed by atoms with Crippen LogP contribution in [0.4, 0.5) is 4.79 Å². The molecule has 1 aliphatic rings. The molecule has 1 aromatic rings. The average Bonchev–Trinajstić information content (AvgIpc) is 2.42. The molecule has 0 aliphatic carbocycles. The second-order valence-electron chi connectivity index (χ2n) is 4.55. The SMILES string of the molecule is C#CC[C@H]1C(Cc2ccccc2)OCCN1C(=O)O. The summed E-state index contributed by atoms with van der Waals surface area (Å²) in [7, 11) is 0. The molecule has 100 valence electrons. The fraction of sp³-hybridized carbons (Fsp3) is 0.400. The highest BCUT2D eigenvalue weighted by Gasteiger charge is 2.34. The van der Waals surface area contributed by atoms with Gasteiger partial charge >= 0.3 is 6.09 Å². The van der Waals surface area contributed by atoms with E-state index >= 15 is 0 Å². The lowest BCUT2D eigenvalue weighted by Crippen LogP contribution is -2.53. The van der Waals surface area contributed by atoms with Gasteiger partial charge < -0.3 is 9.84 Å². The van der Waals surface area contributed by atoms with E-state index in [0.29, 0.717) is 26.0 Å². The maximum absolute atomic E-state index is 11.2. The number of hydrogen-bond donors (Lipinski definition) is 1. The molecule has 19 heavy (non-hydrogen) atoms. The zero-order valence-electron chi connectivity index (χ0n) is 10.7. The molecule has 0 bridgehead atoms. The Hall–Kier alpha value is -1.99. The monoisotopic (exact) mass is 259 g/mol. The highest BCUT2D eigenvalue weighted by molar-refractivity contribution is 5.65. The normalized spacial score (nSPS) is 22.8. The number of hydrogen-bond acceptors (Lipinski definition) is 2. The number of rotatable bonds is 3. The van der Waals surface area contributed by atoms with Crippen molar-refractivity contribution in [2.24, 2.45) is 0 Å². The molecular formula is C15H17NO3. The molecule has 1 saturated heterocycles. The van der Waals surface area contributed by atoms with Gasteiger partial charge in [0.2, 0.25) is 0 Å². The second kappa shape index (κ2) is 6.26. The van der Waals surface area contributed by atoms with Crippen LogP contribution in [0.3, 0.4) is 0 Å². The summed E-state index contributed by atoms with van der Waals surface area (Å²) in [6.07, 6.45) is 5.30. The maximum atomic E-state index is 11.2. The van der Waals surface area contributed by atoms with E-state index in [1.807, 2.05) is 30.3 Å². The van der Waals surface area contributed by atoms with E-state index in [1.165, 1.54) is 4.90 Å². The van der Waals surface area contributed by atoms with Crippen LogP contribution in [0, 0.1) is 12.3 Å². The predicted octanol–water partition coefficient (Wildman–Crippen LogP) is 2.00. The lowest BCUT2D eigenvalue weighted by Gasteiger charge is -2.39. The average molecular weight is 259 g/mol. The maximum Gasteiger partial charge on any atom is 0.407 e. The number of amides is 1. The Morgan fingerprint density at radius 3 is 2.84 bits per heavy atom. The van der Waals surface area contributed by atoms with Crippen molar-refractivity contribution in [1.82, 2.24) is 4.90 Å². The minimum atomic E-state index is -0.929. The first-order chi connectivity index (χ1) is 9.22. The Balaban J connectivity index is 2.13. The second-order valence-corrected chi connectivity index (χ2v) is 4.55. The van der Waals surface area contributed by atoms with Crippen LogP contribution in [-0.2, 0) is 11.2 Å². The van der Waals surface area contributed by atoms with Crippen LogP contribution >= 0.6 is 0 Å². The third-order valence-electron chi connectivity index (χ3n) is 3.35. The van der Waals surface area contributed by atoms with Crippen molar-refractivity contribution in [3.8, 4) is 12.3 Å². The molecule has 1 amide bonds. The highest BCUT2D eigenvalue weighted by atomic mass is 16.5. The molecule has 1 unspecified atom stereocenters. The zero-order valence-corrected chi connectivity index (χ0v) is 10.7. The van der Waals surface area contributed by atoms with E-state index in [-0.39, 0.29) is 12.1 Å². The van der Waals surface area contributed by atoms with Gasteiger partial charge in [-0.05, 0) is 5.56 Å². The van der Waals surface area contributed by atoms with Crippen molar-refractivity contribution in [3.05, 3.63) is 35.9 Å². The highest BCUT2D eigenvalue weighted by Crippen LogP contribution is 2.21. The van der Waals surface area contributed by atoms with E-state index in [4.69, 9.17) is 11.2 Å². The molecule has 2 rings (SSSR count). The van der Waals surface area contributed by atoms with Crippen molar-refractivity contribution in [3.63, 3.8) is 0 Å². The first-order valence-corrected chi connectivity index (χ1v) is 6.31. The summed E-state index contributed by atoms with van der Waals surface area (Å²) in [5.41, 5.74) is 1.13. The Morgan fingerprint density at radius 1 is 1.47 bits per heavy atom. The fourth-order valence-electron chi connectivity index (χ4n) is 2.42. The fourth-order valence-corrected chi connectivity index (χ4v) is 2.42. The molecule has 4 nitrogen and oxygen atoms in total. The molecule has 1 N–H and O–H groups in total. The summed E-state index contributed by atoms with van der Waals surface area (Å²) < 4.78 is 5.73. The predicted molar refractivity (Wildman–Crippen MR) is 71.9 cm³/mol. The van der Waals surface area contributed by atoms with Gasteiger partial charge in [-0.15, -0.1) is 12.3 Å². The van der Waals surface area contributed by atoms with Crippen molar-refractivity contribution < 1.29 is 14.6 Å². The molecule has 1 aliphatic heterocycles. The smallest absolute Gasteiger partial charge is 0.407 e. The van der Waals surface area contributed by atoms with Crippen LogP contribution in [0.25, 0.3) is 0 Å². The number of nitrogens with zero attached hydrogens (tertiary/aromatic N) is 1. The van der Waals surface area contributed by atoms with Crippen molar-refractivity contribution in [1.29, 1.82) is 0 Å². The van der Waals surface area contributed by atoms with Crippen molar-refractivity contribution >= 4 is 6.09 Å². The van der Waals surface area contributed by atoms with Crippen LogP contribution in [0.2, 0.25) is 0 Å². The zero-order chi connectivity index (χ0) is 13.7. The molecule has 1 fully saturated rings. The third kappa shape index (κ3) is 3.27. The summed E-state index contributed by atoms with van der Waals surface area (Å²) in [6.45, 7) is 0.803. The summed E-state index contributed by atoms with van der Waals surface area (Å²) in [6, 6.07) is 9.63. The van der Waals surface area contributed by atoms with Crippen LogP contribution in [0.15, 0.2) is 30.3 Å². The molecule has 1 aromatic carbocycles. The lowest BCUT2D eigenvalue weighted by atomic mass is 9.97. The third-order valence-corrected chi connectivity index (χ3v) is 3.35. The number of terminal acetylenes is 1. The van der Waals surface area contributed by atoms with Gasteiger partial charge in [-0.2, -0.15) is 0 Å². The molecule has 4 heteroatoms. The molecule has 0 saturated carbocycles. The van der Waals surface area contributed by atoms with E-state index in [1.54, 1.807) is 0 Å². The summed E-state index contributed by atoms with van der Waals surface area (Å²) in [5.74, 6) is 2.55. The largest absolute Gasteiger partial charge is 0.465 e. The number of carboxylic acid groups (broad SMARTS) is 1. The standard InChI is InChI=1S/C15H17NO3/c1-2-6-13-14(11-12-7-4-3-5-8-12)19-10-9-16(13)15(17)18/h1,3-5,7-8,13-14H,6,9-11H2,(H,17,18)/t13-,14?/m0/s1. The molecule has 1 heterocycles. The number of morpholine rings is 1. The summed E-state index contributed by atoms with van der Waals surface area (Å²) in [4.78, 5) is 12.6. The minimum absolute atomic E-state index is 0.178. The lowest BCUT2D eigenvalue weighted by molar-refractivity contribution is -0.0587. The number of carbonyl (C=O) groups is 1. The Kier molecular flexibility index (Phi) is 4.43. The van der Waals surface area contributed by atoms with Gasteiger partial charge in [-0.3, -0.25) is 4.90 Å². The van der Waals surface area contributed by atoms with Gasteiger partial charge in [0.25, 0.3) is 0 Å². The van der Waals surface area contributed by atoms with Crippen LogP contribution in [-0.4, -0.2) is 41.4 Å². The molecule has 0 radical (unpaired) electrons. The summed E-state index contributed by atoms with van der Waals surface area (Å²) in [5, 5.41) is 9.22. The Morgan fingerprint density at radius 2 is 2.21 bits per heavy atom. The molecule has 2 atom stereocenters. The number of ether oxygens (including phenoxy) is 1. The van der Waals surface area contributed by atoms with E-state index in [0.717, 1.165) is 5.56 Å². The van der Waals surface area contributed by atoms with Crippen molar-refractivity contribution in [2.45, 2.75) is 25.0 Å². The molecular weight excluding hydrogens is 242 g/mol. The minimum Gasteiger partial charge on any atom is -0.465 e. The van der Waals surface area contributed by atoms with Crippen LogP contribution < -0.4 is 0 Å². The quantitative estimate of drug-likeness (QED) is 0.845. The van der Waals surface area contributed by atoms with Crippen LogP contribution in [0.1, 0.15) is 12.0 Å². The van der Waals surface area contributed by atoms with Gasteiger partial charge in [0, 0.05) is 19.4 Å². The Labute approximate surface area is 113 Å².